The second kappa shape index (κ2) is 9.69. The van der Waals surface area contributed by atoms with E-state index in [1.165, 1.54) is 57.9 Å². The molecule has 10 aromatic rings. The van der Waals surface area contributed by atoms with E-state index in [1.807, 2.05) is 11.3 Å². The molecular formula is C44H24ClN3OS. The molecule has 4 nitrogen and oxygen atoms in total. The maximum Gasteiger partial charge on any atom is 0.176 e. The van der Waals surface area contributed by atoms with E-state index in [-0.39, 0.29) is 6.10 Å². The monoisotopic (exact) mass is 677 g/mol. The van der Waals surface area contributed by atoms with Crippen LogP contribution in [0.5, 0.6) is 5.75 Å². The van der Waals surface area contributed by atoms with Gasteiger partial charge in [-0.1, -0.05) is 115 Å². The van der Waals surface area contributed by atoms with Gasteiger partial charge in [-0.15, -0.1) is 11.3 Å². The molecule has 12 rings (SSSR count). The van der Waals surface area contributed by atoms with Crippen LogP contribution in [0.15, 0.2) is 121 Å². The Labute approximate surface area is 294 Å². The summed E-state index contributed by atoms with van der Waals surface area (Å²) < 4.78 is 11.4. The lowest BCUT2D eigenvalue weighted by Crippen LogP contribution is -2.22. The maximum atomic E-state index is 7.24. The Balaban J connectivity index is 1.15. The molecule has 4 heterocycles. The number of hydrogen-bond acceptors (Lipinski definition) is 4. The Morgan fingerprint density at radius 2 is 1.38 bits per heavy atom. The molecule has 0 amide bonds. The van der Waals surface area contributed by atoms with E-state index in [2.05, 4.69) is 132 Å². The number of aromatic nitrogens is 3. The first kappa shape index (κ1) is 27.1. The summed E-state index contributed by atoms with van der Waals surface area (Å²) in [6.07, 6.45) is 2.62. The first-order chi connectivity index (χ1) is 24.7. The number of hydrogen-bond donors (Lipinski definition) is 0. The van der Waals surface area contributed by atoms with Crippen molar-refractivity contribution in [3.05, 3.63) is 143 Å². The number of fused-ring (bicyclic) bond motifs is 17. The van der Waals surface area contributed by atoms with E-state index in [0.29, 0.717) is 17.4 Å². The molecule has 0 fully saturated rings. The van der Waals surface area contributed by atoms with Crippen LogP contribution < -0.4 is 4.74 Å². The third-order valence-electron chi connectivity index (χ3n) is 10.7. The van der Waals surface area contributed by atoms with Crippen LogP contribution >= 0.6 is 22.9 Å². The summed E-state index contributed by atoms with van der Waals surface area (Å²) in [6, 6.07) is 43.5. The average molecular weight is 678 g/mol. The standard InChI is InChI=1S/C44H24ClN3OS/c45-43-44(47-34-22-36-31(21-33(34)46-43)29-18-17-23-9-3-4-12-26(23)41(29)49-36)48-35-16-8-7-15-30(35)38-27-13-5-6-14-28(27)39-32-19-24-10-1-2-11-25(24)20-37(32)50-42(39)40(38)48/h1-21,36H,22H2. The zero-order valence-electron chi connectivity index (χ0n) is 26.4. The molecule has 0 bridgehead atoms. The van der Waals surface area contributed by atoms with Gasteiger partial charge in [0.1, 0.15) is 11.9 Å². The van der Waals surface area contributed by atoms with E-state index in [1.54, 1.807) is 0 Å². The van der Waals surface area contributed by atoms with E-state index in [9.17, 15) is 0 Å². The molecule has 2 aliphatic rings. The van der Waals surface area contributed by atoms with Gasteiger partial charge in [-0.05, 0) is 51.2 Å². The van der Waals surface area contributed by atoms with Gasteiger partial charge in [-0.25, -0.2) is 9.97 Å². The van der Waals surface area contributed by atoms with Crippen molar-refractivity contribution in [3.63, 3.8) is 0 Å². The number of nitrogens with zero attached hydrogens (tertiary/aromatic N) is 3. The lowest BCUT2D eigenvalue weighted by molar-refractivity contribution is 0.277. The van der Waals surface area contributed by atoms with Gasteiger partial charge in [-0.2, -0.15) is 0 Å². The topological polar surface area (TPSA) is 39.9 Å². The van der Waals surface area contributed by atoms with Crippen molar-refractivity contribution in [1.82, 2.24) is 14.5 Å². The summed E-state index contributed by atoms with van der Waals surface area (Å²) in [7, 11) is 0. The Morgan fingerprint density at radius 3 is 2.22 bits per heavy atom. The minimum Gasteiger partial charge on any atom is -0.484 e. The number of ether oxygens (including phenoxy) is 1. The third kappa shape index (κ3) is 3.50. The molecule has 0 saturated heterocycles. The lowest BCUT2D eigenvalue weighted by Gasteiger charge is -2.20. The fourth-order valence-electron chi connectivity index (χ4n) is 8.56. The summed E-state index contributed by atoms with van der Waals surface area (Å²) >= 11 is 9.09. The molecule has 0 radical (unpaired) electrons. The van der Waals surface area contributed by atoms with Gasteiger partial charge < -0.3 is 4.74 Å². The van der Waals surface area contributed by atoms with E-state index >= 15 is 0 Å². The Morgan fingerprint density at radius 1 is 0.680 bits per heavy atom. The van der Waals surface area contributed by atoms with Gasteiger partial charge in [0.05, 0.1) is 27.1 Å². The van der Waals surface area contributed by atoms with Gasteiger partial charge in [0.25, 0.3) is 0 Å². The van der Waals surface area contributed by atoms with E-state index in [0.717, 1.165) is 44.7 Å². The predicted molar refractivity (Wildman–Crippen MR) is 209 cm³/mol. The highest BCUT2D eigenvalue weighted by molar-refractivity contribution is 7.27. The largest absolute Gasteiger partial charge is 0.484 e. The number of para-hydroxylation sites is 1. The molecule has 7 aromatic carbocycles. The third-order valence-corrected chi connectivity index (χ3v) is 12.1. The number of benzene rings is 7. The molecule has 1 atom stereocenters. The van der Waals surface area contributed by atoms with Crippen LogP contribution in [-0.2, 0) is 6.42 Å². The molecule has 234 valence electrons. The predicted octanol–water partition coefficient (Wildman–Crippen LogP) is 11.9. The Bertz CT molecular complexity index is 3190. The van der Waals surface area contributed by atoms with Gasteiger partial charge in [0, 0.05) is 49.2 Å². The number of halogens is 1. The lowest BCUT2D eigenvalue weighted by atomic mass is 9.92. The first-order valence-electron chi connectivity index (χ1n) is 16.9. The molecule has 0 saturated carbocycles. The van der Waals surface area contributed by atoms with Crippen LogP contribution in [0.4, 0.5) is 0 Å². The van der Waals surface area contributed by atoms with Crippen LogP contribution in [-0.4, -0.2) is 20.6 Å². The zero-order valence-corrected chi connectivity index (χ0v) is 28.0. The fraction of sp³-hybridized carbons (Fsp3) is 0.0455. The van der Waals surface area contributed by atoms with Crippen LogP contribution in [0.1, 0.15) is 17.0 Å². The summed E-state index contributed by atoms with van der Waals surface area (Å²) in [5, 5.41) is 12.5. The molecule has 1 aliphatic carbocycles. The fourth-order valence-corrected chi connectivity index (χ4v) is 10.1. The second-order valence-corrected chi connectivity index (χ2v) is 14.8. The van der Waals surface area contributed by atoms with Crippen LogP contribution in [0.3, 0.4) is 0 Å². The van der Waals surface area contributed by atoms with Crippen molar-refractivity contribution in [2.24, 2.45) is 0 Å². The van der Waals surface area contributed by atoms with Gasteiger partial charge in [0.2, 0.25) is 0 Å². The minimum atomic E-state index is -0.128. The van der Waals surface area contributed by atoms with Gasteiger partial charge in [-0.3, -0.25) is 4.57 Å². The smallest absolute Gasteiger partial charge is 0.176 e. The highest BCUT2D eigenvalue weighted by Gasteiger charge is 2.35. The summed E-state index contributed by atoms with van der Waals surface area (Å²) in [4.78, 5) is 10.4. The van der Waals surface area contributed by atoms with Crippen LogP contribution in [0, 0.1) is 0 Å². The van der Waals surface area contributed by atoms with Crippen molar-refractivity contribution in [1.29, 1.82) is 0 Å². The molecule has 3 aromatic heterocycles. The second-order valence-electron chi connectivity index (χ2n) is 13.4. The maximum absolute atomic E-state index is 7.24. The van der Waals surface area contributed by atoms with Gasteiger partial charge >= 0.3 is 0 Å². The van der Waals surface area contributed by atoms with Crippen LogP contribution in [0.2, 0.25) is 5.15 Å². The van der Waals surface area contributed by atoms with Crippen LogP contribution in [0.25, 0.3) is 91.8 Å². The SMILES string of the molecule is Clc1nc2c(nc1-n1c3ccccc3c3c4ccccc4c4c5cc6ccccc6cc5sc4c31)CC1Oc3c(ccc4ccccc34)C1=C2. The highest BCUT2D eigenvalue weighted by Crippen LogP contribution is 2.50. The summed E-state index contributed by atoms with van der Waals surface area (Å²) in [5.41, 5.74) is 6.13. The van der Waals surface area contributed by atoms with Crippen molar-refractivity contribution in [2.45, 2.75) is 12.5 Å². The molecule has 50 heavy (non-hydrogen) atoms. The molecule has 6 heteroatoms. The Hall–Kier alpha value is -5.75. The summed E-state index contributed by atoms with van der Waals surface area (Å²) in [6.45, 7) is 0. The zero-order chi connectivity index (χ0) is 32.7. The molecule has 1 aliphatic heterocycles. The number of rotatable bonds is 1. The molecule has 1 unspecified atom stereocenters. The van der Waals surface area contributed by atoms with E-state index in [4.69, 9.17) is 26.3 Å². The normalized spacial score (nSPS) is 15.3. The van der Waals surface area contributed by atoms with E-state index < -0.39 is 0 Å². The molecule has 0 N–H and O–H groups in total. The molecule has 0 spiro atoms. The van der Waals surface area contributed by atoms with Crippen molar-refractivity contribution >= 4 is 109 Å². The summed E-state index contributed by atoms with van der Waals surface area (Å²) in [5.74, 6) is 1.58. The first-order valence-corrected chi connectivity index (χ1v) is 18.0. The Kier molecular flexibility index (Phi) is 5.26. The quantitative estimate of drug-likeness (QED) is 0.174. The van der Waals surface area contributed by atoms with Crippen molar-refractivity contribution < 1.29 is 4.74 Å². The number of thiophene rings is 1. The van der Waals surface area contributed by atoms with Crippen molar-refractivity contribution in [2.75, 3.05) is 0 Å². The highest BCUT2D eigenvalue weighted by atomic mass is 35.5. The average Bonchev–Trinajstić information content (AvgIpc) is 3.82. The molecular weight excluding hydrogens is 654 g/mol. The van der Waals surface area contributed by atoms with Gasteiger partial charge in [0.15, 0.2) is 11.0 Å². The van der Waals surface area contributed by atoms with Crippen molar-refractivity contribution in [3.8, 4) is 11.6 Å². The minimum absolute atomic E-state index is 0.128.